The number of fused-ring (bicyclic) bond motifs is 1. The van der Waals surface area contributed by atoms with Gasteiger partial charge in [0.1, 0.15) is 11.3 Å². The zero-order valence-electron chi connectivity index (χ0n) is 11.5. The monoisotopic (exact) mass is 295 g/mol. The van der Waals surface area contributed by atoms with E-state index in [1.165, 1.54) is 6.20 Å². The van der Waals surface area contributed by atoms with Gasteiger partial charge in [-0.25, -0.2) is 4.79 Å². The van der Waals surface area contributed by atoms with Crippen LogP contribution in [-0.4, -0.2) is 21.2 Å². The average Bonchev–Trinajstić information content (AvgIpc) is 2.50. The van der Waals surface area contributed by atoms with E-state index in [0.717, 1.165) is 11.1 Å². The Labute approximate surface area is 125 Å². The Morgan fingerprint density at radius 3 is 2.41 bits per heavy atom. The summed E-state index contributed by atoms with van der Waals surface area (Å²) in [5.41, 5.74) is 1.72. The Morgan fingerprint density at radius 2 is 1.73 bits per heavy atom. The van der Waals surface area contributed by atoms with E-state index in [4.69, 9.17) is 5.11 Å². The molecule has 110 valence electrons. The zero-order valence-corrected chi connectivity index (χ0v) is 11.5. The first-order valence-corrected chi connectivity index (χ1v) is 6.70. The van der Waals surface area contributed by atoms with Crippen LogP contribution in [0, 0.1) is 0 Å². The smallest absolute Gasteiger partial charge is 0.341 e. The maximum Gasteiger partial charge on any atom is 0.341 e. The molecule has 0 saturated carbocycles. The van der Waals surface area contributed by atoms with Gasteiger partial charge in [0.2, 0.25) is 5.43 Å². The quantitative estimate of drug-likeness (QED) is 0.692. The fourth-order valence-corrected chi connectivity index (χ4v) is 2.38. The van der Waals surface area contributed by atoms with E-state index in [0.29, 0.717) is 17.3 Å². The van der Waals surface area contributed by atoms with Gasteiger partial charge in [0.25, 0.3) is 0 Å². The van der Waals surface area contributed by atoms with Crippen molar-refractivity contribution in [3.8, 4) is 5.75 Å². The summed E-state index contributed by atoms with van der Waals surface area (Å²) in [6.07, 6.45) is 1.81. The van der Waals surface area contributed by atoms with E-state index in [-0.39, 0.29) is 11.3 Å². The summed E-state index contributed by atoms with van der Waals surface area (Å²) in [5, 5.41) is 18.7. The van der Waals surface area contributed by atoms with Gasteiger partial charge in [-0.3, -0.25) is 4.79 Å². The first-order valence-electron chi connectivity index (χ1n) is 6.70. The number of carboxylic acids is 1. The number of H-pyrrole nitrogens is 1. The molecule has 3 aromatic rings. The van der Waals surface area contributed by atoms with E-state index >= 15 is 0 Å². The van der Waals surface area contributed by atoms with Crippen LogP contribution in [0.1, 0.15) is 21.5 Å². The van der Waals surface area contributed by atoms with E-state index in [9.17, 15) is 14.7 Å². The van der Waals surface area contributed by atoms with Crippen LogP contribution in [0.5, 0.6) is 5.75 Å². The van der Waals surface area contributed by atoms with Gasteiger partial charge in [0, 0.05) is 17.1 Å². The van der Waals surface area contributed by atoms with Gasteiger partial charge >= 0.3 is 5.97 Å². The predicted molar refractivity (Wildman–Crippen MR) is 82.4 cm³/mol. The third-order valence-electron chi connectivity index (χ3n) is 3.52. The molecule has 22 heavy (non-hydrogen) atoms. The van der Waals surface area contributed by atoms with Crippen molar-refractivity contribution in [2.45, 2.75) is 6.42 Å². The molecule has 0 radical (unpaired) electrons. The Kier molecular flexibility index (Phi) is 3.39. The molecule has 3 N–H and O–H groups in total. The molecule has 0 aliphatic carbocycles. The number of aromatic amines is 1. The molecule has 0 bridgehead atoms. The Balaban J connectivity index is 2.05. The Bertz CT molecular complexity index is 910. The lowest BCUT2D eigenvalue weighted by atomic mass is 10.0. The average molecular weight is 295 g/mol. The second-order valence-electron chi connectivity index (χ2n) is 5.06. The van der Waals surface area contributed by atoms with Crippen molar-refractivity contribution in [3.05, 3.63) is 75.6 Å². The molecule has 0 fully saturated rings. The van der Waals surface area contributed by atoms with Crippen molar-refractivity contribution in [3.63, 3.8) is 0 Å². The van der Waals surface area contributed by atoms with Crippen molar-refractivity contribution in [1.82, 2.24) is 4.98 Å². The van der Waals surface area contributed by atoms with Crippen LogP contribution in [0.15, 0.2) is 53.5 Å². The number of benzene rings is 2. The molecular formula is C17H13NO4. The molecule has 0 aliphatic heterocycles. The summed E-state index contributed by atoms with van der Waals surface area (Å²) in [7, 11) is 0. The number of pyridine rings is 1. The normalized spacial score (nSPS) is 10.7. The summed E-state index contributed by atoms with van der Waals surface area (Å²) >= 11 is 0. The van der Waals surface area contributed by atoms with Gasteiger partial charge in [-0.1, -0.05) is 18.2 Å². The number of aromatic nitrogens is 1. The SMILES string of the molecule is O=C(O)c1c[nH]c2ccc(Cc3ccc(O)cc3)cc2c1=O. The molecule has 0 unspecified atom stereocenters. The molecule has 1 aromatic heterocycles. The molecule has 0 saturated heterocycles. The highest BCUT2D eigenvalue weighted by atomic mass is 16.4. The number of hydrogen-bond donors (Lipinski definition) is 3. The van der Waals surface area contributed by atoms with Gasteiger partial charge in [-0.2, -0.15) is 0 Å². The van der Waals surface area contributed by atoms with E-state index in [1.807, 2.05) is 6.07 Å². The van der Waals surface area contributed by atoms with Gasteiger partial charge in [-0.05, 0) is 41.8 Å². The number of phenols is 1. The minimum Gasteiger partial charge on any atom is -0.508 e. The van der Waals surface area contributed by atoms with Crippen LogP contribution in [0.4, 0.5) is 0 Å². The van der Waals surface area contributed by atoms with Crippen LogP contribution in [-0.2, 0) is 6.42 Å². The molecule has 5 nitrogen and oxygen atoms in total. The zero-order chi connectivity index (χ0) is 15.7. The van der Waals surface area contributed by atoms with Crippen molar-refractivity contribution < 1.29 is 15.0 Å². The number of nitrogens with one attached hydrogen (secondary N) is 1. The third-order valence-corrected chi connectivity index (χ3v) is 3.52. The summed E-state index contributed by atoms with van der Waals surface area (Å²) in [4.78, 5) is 26.0. The van der Waals surface area contributed by atoms with Crippen molar-refractivity contribution in [1.29, 1.82) is 0 Å². The molecule has 1 heterocycles. The molecule has 0 atom stereocenters. The van der Waals surface area contributed by atoms with Crippen LogP contribution in [0.2, 0.25) is 0 Å². The number of rotatable bonds is 3. The highest BCUT2D eigenvalue weighted by molar-refractivity contribution is 5.92. The van der Waals surface area contributed by atoms with E-state index in [2.05, 4.69) is 4.98 Å². The number of carbonyl (C=O) groups is 1. The lowest BCUT2D eigenvalue weighted by Crippen LogP contribution is -2.15. The highest BCUT2D eigenvalue weighted by Crippen LogP contribution is 2.17. The number of hydrogen-bond acceptors (Lipinski definition) is 3. The minimum atomic E-state index is -1.24. The maximum absolute atomic E-state index is 12.2. The fraction of sp³-hybridized carbons (Fsp3) is 0.0588. The minimum absolute atomic E-state index is 0.199. The molecule has 0 aliphatic rings. The van der Waals surface area contributed by atoms with E-state index < -0.39 is 11.4 Å². The summed E-state index contributed by atoms with van der Waals surface area (Å²) in [5.74, 6) is -1.04. The van der Waals surface area contributed by atoms with Gasteiger partial charge < -0.3 is 15.2 Å². The molecular weight excluding hydrogens is 282 g/mol. The van der Waals surface area contributed by atoms with Crippen molar-refractivity contribution in [2.24, 2.45) is 0 Å². The van der Waals surface area contributed by atoms with Gasteiger partial charge in [0.05, 0.1) is 0 Å². The largest absolute Gasteiger partial charge is 0.508 e. The lowest BCUT2D eigenvalue weighted by Gasteiger charge is -2.05. The highest BCUT2D eigenvalue weighted by Gasteiger charge is 2.11. The fourth-order valence-electron chi connectivity index (χ4n) is 2.38. The standard InChI is InChI=1S/C17H13NO4/c19-12-4-1-10(2-5-12)7-11-3-6-15-13(8-11)16(20)14(9-18-15)17(21)22/h1-6,8-9,19H,7H2,(H,18,20)(H,21,22). The van der Waals surface area contributed by atoms with Crippen LogP contribution in [0.25, 0.3) is 10.9 Å². The molecule has 0 spiro atoms. The molecule has 0 amide bonds. The summed E-state index contributed by atoms with van der Waals surface area (Å²) < 4.78 is 0. The predicted octanol–water partition coefficient (Wildman–Crippen LogP) is 2.52. The first-order chi connectivity index (χ1) is 10.5. The number of aromatic carboxylic acids is 1. The second-order valence-corrected chi connectivity index (χ2v) is 5.06. The van der Waals surface area contributed by atoms with Crippen molar-refractivity contribution in [2.75, 3.05) is 0 Å². The molecule has 2 aromatic carbocycles. The Morgan fingerprint density at radius 1 is 1.05 bits per heavy atom. The third kappa shape index (κ3) is 2.56. The summed E-state index contributed by atoms with van der Waals surface area (Å²) in [6.45, 7) is 0. The summed E-state index contributed by atoms with van der Waals surface area (Å²) in [6, 6.07) is 12.2. The van der Waals surface area contributed by atoms with Gasteiger partial charge in [-0.15, -0.1) is 0 Å². The second kappa shape index (κ2) is 5.37. The maximum atomic E-state index is 12.2. The lowest BCUT2D eigenvalue weighted by molar-refractivity contribution is 0.0695. The Hall–Kier alpha value is -3.08. The van der Waals surface area contributed by atoms with Crippen LogP contribution < -0.4 is 5.43 Å². The number of carboxylic acid groups (broad SMARTS) is 1. The van der Waals surface area contributed by atoms with Crippen LogP contribution >= 0.6 is 0 Å². The van der Waals surface area contributed by atoms with Gasteiger partial charge in [0.15, 0.2) is 0 Å². The number of aromatic hydroxyl groups is 1. The first kappa shape index (κ1) is 13.9. The molecule has 3 rings (SSSR count). The van der Waals surface area contributed by atoms with Crippen LogP contribution in [0.3, 0.4) is 0 Å². The number of phenolic OH excluding ortho intramolecular Hbond substituents is 1. The van der Waals surface area contributed by atoms with E-state index in [1.54, 1.807) is 36.4 Å². The topological polar surface area (TPSA) is 90.4 Å². The molecule has 5 heteroatoms. The van der Waals surface area contributed by atoms with Crippen molar-refractivity contribution >= 4 is 16.9 Å².